The van der Waals surface area contributed by atoms with Gasteiger partial charge in [-0.1, -0.05) is 55.0 Å². The molecule has 1 fully saturated rings. The normalized spacial score (nSPS) is 25.9. The Labute approximate surface area is 165 Å². The maximum Gasteiger partial charge on any atom is 0.310 e. The van der Waals surface area contributed by atoms with E-state index in [0.717, 1.165) is 12.8 Å². The molecule has 1 atom stereocenters. The van der Waals surface area contributed by atoms with E-state index >= 15 is 0 Å². The van der Waals surface area contributed by atoms with Crippen LogP contribution in [0.2, 0.25) is 0 Å². The summed E-state index contributed by atoms with van der Waals surface area (Å²) in [5, 5.41) is 12.5. The highest BCUT2D eigenvalue weighted by atomic mass is 16.4. The fourth-order valence-electron chi connectivity index (χ4n) is 5.64. The highest BCUT2D eigenvalue weighted by Crippen LogP contribution is 2.55. The third kappa shape index (κ3) is 2.58. The van der Waals surface area contributed by atoms with Crippen molar-refractivity contribution in [3.8, 4) is 0 Å². The quantitative estimate of drug-likeness (QED) is 0.829. The highest BCUT2D eigenvalue weighted by molar-refractivity contribution is 5.85. The van der Waals surface area contributed by atoms with Crippen molar-refractivity contribution in [1.29, 1.82) is 0 Å². The fourth-order valence-corrected chi connectivity index (χ4v) is 5.64. The van der Waals surface area contributed by atoms with Gasteiger partial charge in [-0.15, -0.1) is 0 Å². The third-order valence-corrected chi connectivity index (χ3v) is 7.25. The van der Waals surface area contributed by atoms with Gasteiger partial charge in [0.15, 0.2) is 0 Å². The number of carboxylic acid groups (broad SMARTS) is 1. The van der Waals surface area contributed by atoms with Gasteiger partial charge in [0, 0.05) is 24.8 Å². The Morgan fingerprint density at radius 3 is 2.04 bits per heavy atom. The van der Waals surface area contributed by atoms with Gasteiger partial charge < -0.3 is 10.4 Å². The molecular formula is C24H25NO3. The molecule has 2 aromatic carbocycles. The summed E-state index contributed by atoms with van der Waals surface area (Å²) in [7, 11) is 0. The zero-order chi connectivity index (χ0) is 19.3. The van der Waals surface area contributed by atoms with Crippen LogP contribution in [-0.2, 0) is 9.59 Å². The van der Waals surface area contributed by atoms with Crippen LogP contribution in [0, 0.1) is 11.3 Å². The second-order valence-corrected chi connectivity index (χ2v) is 8.70. The van der Waals surface area contributed by atoms with Crippen molar-refractivity contribution < 1.29 is 14.7 Å². The number of rotatable bonds is 5. The van der Waals surface area contributed by atoms with E-state index in [2.05, 4.69) is 53.8 Å². The van der Waals surface area contributed by atoms with Gasteiger partial charge in [-0.2, -0.15) is 0 Å². The van der Waals surface area contributed by atoms with Gasteiger partial charge in [0.05, 0.1) is 5.41 Å². The Kier molecular flexibility index (Phi) is 4.04. The number of aliphatic carboxylic acids is 1. The molecule has 2 aromatic rings. The van der Waals surface area contributed by atoms with Crippen LogP contribution in [-0.4, -0.2) is 23.5 Å². The largest absolute Gasteiger partial charge is 0.481 e. The molecule has 4 heteroatoms. The van der Waals surface area contributed by atoms with Crippen LogP contribution < -0.4 is 5.32 Å². The minimum atomic E-state index is -0.825. The molecule has 0 radical (unpaired) electrons. The molecule has 1 amide bonds. The molecule has 4 nitrogen and oxygen atoms in total. The van der Waals surface area contributed by atoms with Crippen molar-refractivity contribution in [3.05, 3.63) is 70.8 Å². The number of hydrogen-bond donors (Lipinski definition) is 2. The van der Waals surface area contributed by atoms with E-state index in [0.29, 0.717) is 37.1 Å². The monoisotopic (exact) mass is 375 g/mol. The van der Waals surface area contributed by atoms with Crippen molar-refractivity contribution in [3.63, 3.8) is 0 Å². The van der Waals surface area contributed by atoms with Crippen LogP contribution in [0.1, 0.15) is 66.2 Å². The second kappa shape index (κ2) is 6.47. The van der Waals surface area contributed by atoms with Gasteiger partial charge in [-0.3, -0.25) is 9.59 Å². The molecule has 0 spiro atoms. The summed E-state index contributed by atoms with van der Waals surface area (Å²) < 4.78 is 0. The Morgan fingerprint density at radius 1 is 0.964 bits per heavy atom. The summed E-state index contributed by atoms with van der Waals surface area (Å²) in [6, 6.07) is 17.4. The minimum Gasteiger partial charge on any atom is -0.481 e. The van der Waals surface area contributed by atoms with E-state index < -0.39 is 11.4 Å². The molecule has 4 aliphatic carbocycles. The van der Waals surface area contributed by atoms with Gasteiger partial charge in [-0.25, -0.2) is 0 Å². The van der Waals surface area contributed by atoms with Gasteiger partial charge in [0.2, 0.25) is 5.91 Å². The average Bonchev–Trinajstić information content (AvgIpc) is 2.69. The Bertz CT molecular complexity index is 899. The molecule has 4 aliphatic rings. The van der Waals surface area contributed by atoms with Crippen LogP contribution in [0.4, 0.5) is 0 Å². The molecule has 2 bridgehead atoms. The van der Waals surface area contributed by atoms with Crippen LogP contribution in [0.5, 0.6) is 0 Å². The lowest BCUT2D eigenvalue weighted by atomic mass is 9.59. The summed E-state index contributed by atoms with van der Waals surface area (Å²) in [6.45, 7) is 0.609. The highest BCUT2D eigenvalue weighted by Gasteiger charge is 2.46. The van der Waals surface area contributed by atoms with E-state index in [-0.39, 0.29) is 12.3 Å². The van der Waals surface area contributed by atoms with E-state index in [1.165, 1.54) is 22.3 Å². The molecule has 6 rings (SSSR count). The first-order chi connectivity index (χ1) is 13.6. The minimum absolute atomic E-state index is 0.107. The number of fused-ring (bicyclic) bond motifs is 1. The first kappa shape index (κ1) is 17.5. The van der Waals surface area contributed by atoms with Crippen molar-refractivity contribution in [1.82, 2.24) is 5.32 Å². The molecule has 0 heterocycles. The summed E-state index contributed by atoms with van der Waals surface area (Å²) in [4.78, 5) is 24.1. The second-order valence-electron chi connectivity index (χ2n) is 8.70. The molecule has 0 aromatic heterocycles. The molecule has 1 saturated carbocycles. The predicted molar refractivity (Wildman–Crippen MR) is 106 cm³/mol. The summed E-state index contributed by atoms with van der Waals surface area (Å²) >= 11 is 0. The number of nitrogens with one attached hydrogen (secondary N) is 1. The Balaban J connectivity index is 1.35. The van der Waals surface area contributed by atoms with E-state index in [1.54, 1.807) is 0 Å². The smallest absolute Gasteiger partial charge is 0.310 e. The number of benzene rings is 2. The lowest BCUT2D eigenvalue weighted by Crippen LogP contribution is -2.44. The van der Waals surface area contributed by atoms with Crippen molar-refractivity contribution >= 4 is 11.9 Å². The molecule has 144 valence electrons. The molecule has 1 unspecified atom stereocenters. The predicted octanol–water partition coefficient (Wildman–Crippen LogP) is 4.04. The molecule has 0 aliphatic heterocycles. The van der Waals surface area contributed by atoms with Crippen molar-refractivity contribution in [2.45, 2.75) is 43.9 Å². The summed E-state index contributed by atoms with van der Waals surface area (Å²) in [5.74, 6) is 0.0886. The number of carboxylic acids is 1. The van der Waals surface area contributed by atoms with Crippen molar-refractivity contribution in [2.75, 3.05) is 6.54 Å². The molecule has 2 N–H and O–H groups in total. The SMILES string of the molecule is O=C(CC1(C(=O)O)CCC1)NCC1CC2c3ccccc3C1c1ccccc12. The number of carbonyl (C=O) groups is 2. The summed E-state index contributed by atoms with van der Waals surface area (Å²) in [5.41, 5.74) is 4.80. The average molecular weight is 375 g/mol. The van der Waals surface area contributed by atoms with E-state index in [1.807, 2.05) is 0 Å². The maximum absolute atomic E-state index is 12.5. The molecule has 28 heavy (non-hydrogen) atoms. The zero-order valence-corrected chi connectivity index (χ0v) is 15.9. The molecule has 0 saturated heterocycles. The third-order valence-electron chi connectivity index (χ3n) is 7.25. The van der Waals surface area contributed by atoms with Crippen LogP contribution in [0.25, 0.3) is 0 Å². The topological polar surface area (TPSA) is 66.4 Å². The first-order valence-corrected chi connectivity index (χ1v) is 10.3. The lowest BCUT2D eigenvalue weighted by Gasteiger charge is -2.45. The van der Waals surface area contributed by atoms with Gasteiger partial charge in [0.1, 0.15) is 0 Å². The van der Waals surface area contributed by atoms with Gasteiger partial charge in [0.25, 0.3) is 0 Å². The van der Waals surface area contributed by atoms with Gasteiger partial charge >= 0.3 is 5.97 Å². The van der Waals surface area contributed by atoms with Crippen molar-refractivity contribution in [2.24, 2.45) is 11.3 Å². The Morgan fingerprint density at radius 2 is 1.54 bits per heavy atom. The van der Waals surface area contributed by atoms with E-state index in [4.69, 9.17) is 0 Å². The lowest BCUT2D eigenvalue weighted by molar-refractivity contribution is -0.157. The standard InChI is InChI=1S/C24H25NO3/c26-21(13-24(23(27)28)10-5-11-24)25-14-15-12-20-16-6-1-3-8-18(16)22(15)19-9-4-2-7-17(19)20/h1-4,6-9,15,20,22H,5,10-14H2,(H,25,26)(H,27,28). The Hall–Kier alpha value is -2.62. The van der Waals surface area contributed by atoms with Crippen LogP contribution >= 0.6 is 0 Å². The van der Waals surface area contributed by atoms with E-state index in [9.17, 15) is 14.7 Å². The van der Waals surface area contributed by atoms with Crippen LogP contribution in [0.3, 0.4) is 0 Å². The van der Waals surface area contributed by atoms with Gasteiger partial charge in [-0.05, 0) is 47.4 Å². The first-order valence-electron chi connectivity index (χ1n) is 10.3. The van der Waals surface area contributed by atoms with Crippen LogP contribution in [0.15, 0.2) is 48.5 Å². The zero-order valence-electron chi connectivity index (χ0n) is 15.9. The summed E-state index contributed by atoms with van der Waals surface area (Å²) in [6.07, 6.45) is 3.27. The maximum atomic E-state index is 12.5. The number of hydrogen-bond acceptors (Lipinski definition) is 2. The number of carbonyl (C=O) groups excluding carboxylic acids is 1. The number of amides is 1. The fraction of sp³-hybridized carbons (Fsp3) is 0.417. The molecular weight excluding hydrogens is 350 g/mol.